The van der Waals surface area contributed by atoms with Crippen molar-refractivity contribution in [1.82, 2.24) is 9.97 Å². The molecular formula is C16H15N3O3. The third kappa shape index (κ3) is 2.09. The zero-order chi connectivity index (χ0) is 15.9. The van der Waals surface area contributed by atoms with E-state index in [-0.39, 0.29) is 11.6 Å². The van der Waals surface area contributed by atoms with Crippen molar-refractivity contribution in [3.8, 4) is 0 Å². The Kier molecular flexibility index (Phi) is 3.29. The maximum absolute atomic E-state index is 12.1. The molecule has 22 heavy (non-hydrogen) atoms. The second-order valence-corrected chi connectivity index (χ2v) is 5.11. The third-order valence-corrected chi connectivity index (χ3v) is 3.87. The van der Waals surface area contributed by atoms with Gasteiger partial charge in [-0.15, -0.1) is 0 Å². The van der Waals surface area contributed by atoms with Crippen LogP contribution in [0.1, 0.15) is 39.8 Å². The molecule has 0 aliphatic carbocycles. The number of carbonyl (C=O) groups is 2. The number of hydrogen-bond donors (Lipinski definition) is 3. The minimum atomic E-state index is -1.00. The van der Waals surface area contributed by atoms with Gasteiger partial charge in [-0.25, -0.2) is 4.79 Å². The number of pyridine rings is 1. The topological polar surface area (TPSA) is 95.1 Å². The summed E-state index contributed by atoms with van der Waals surface area (Å²) in [7, 11) is 0. The van der Waals surface area contributed by atoms with E-state index in [1.54, 1.807) is 31.5 Å². The number of rotatable bonds is 3. The van der Waals surface area contributed by atoms with Crippen LogP contribution in [0, 0.1) is 6.92 Å². The van der Waals surface area contributed by atoms with E-state index in [2.05, 4.69) is 15.3 Å². The molecule has 0 spiro atoms. The molecule has 6 nitrogen and oxygen atoms in total. The number of carboxylic acids is 1. The predicted octanol–water partition coefficient (Wildman–Crippen LogP) is 2.47. The second-order valence-electron chi connectivity index (χ2n) is 5.11. The van der Waals surface area contributed by atoms with Gasteiger partial charge >= 0.3 is 5.97 Å². The molecule has 112 valence electrons. The highest BCUT2D eigenvalue weighted by Gasteiger charge is 2.25. The average Bonchev–Trinajstić information content (AvgIpc) is 2.97. The van der Waals surface area contributed by atoms with Crippen molar-refractivity contribution in [1.29, 1.82) is 0 Å². The molecule has 3 heterocycles. The minimum Gasteiger partial charge on any atom is -0.477 e. The summed E-state index contributed by atoms with van der Waals surface area (Å²) in [5.74, 6) is -1.22. The van der Waals surface area contributed by atoms with Gasteiger partial charge in [0.1, 0.15) is 5.69 Å². The van der Waals surface area contributed by atoms with Gasteiger partial charge in [0.2, 0.25) is 0 Å². The molecule has 0 unspecified atom stereocenters. The van der Waals surface area contributed by atoms with Gasteiger partial charge in [0.15, 0.2) is 0 Å². The summed E-state index contributed by atoms with van der Waals surface area (Å²) in [4.78, 5) is 30.3. The molecule has 2 aromatic rings. The smallest absolute Gasteiger partial charge is 0.352 e. The fourth-order valence-corrected chi connectivity index (χ4v) is 2.78. The Balaban J connectivity index is 2.15. The van der Waals surface area contributed by atoms with Gasteiger partial charge < -0.3 is 15.4 Å². The molecule has 6 heteroatoms. The van der Waals surface area contributed by atoms with E-state index in [1.165, 1.54) is 0 Å². The number of carbonyl (C=O) groups excluding carboxylic acids is 1. The number of carboxylic acid groups (broad SMARTS) is 1. The monoisotopic (exact) mass is 297 g/mol. The highest BCUT2D eigenvalue weighted by Crippen LogP contribution is 2.33. The van der Waals surface area contributed by atoms with E-state index in [4.69, 9.17) is 0 Å². The summed E-state index contributed by atoms with van der Waals surface area (Å²) < 4.78 is 0. The first-order chi connectivity index (χ1) is 10.5. The average molecular weight is 297 g/mol. The Morgan fingerprint density at radius 3 is 2.91 bits per heavy atom. The number of aromatic amines is 1. The summed E-state index contributed by atoms with van der Waals surface area (Å²) in [6, 6.07) is 1.76. The minimum absolute atomic E-state index is 0.164. The van der Waals surface area contributed by atoms with Crippen LogP contribution in [0.15, 0.2) is 18.5 Å². The lowest BCUT2D eigenvalue weighted by molar-refractivity contribution is -0.110. The fourth-order valence-electron chi connectivity index (χ4n) is 2.78. The number of H-pyrrole nitrogens is 1. The Bertz CT molecular complexity index is 818. The van der Waals surface area contributed by atoms with Crippen LogP contribution in [-0.4, -0.2) is 27.0 Å². The second kappa shape index (κ2) is 5.14. The predicted molar refractivity (Wildman–Crippen MR) is 82.6 cm³/mol. The molecule has 1 amide bonds. The largest absolute Gasteiger partial charge is 0.477 e. The Labute approximate surface area is 126 Å². The number of nitrogens with one attached hydrogen (secondary N) is 2. The lowest BCUT2D eigenvalue weighted by atomic mass is 10.0. The zero-order valence-electron chi connectivity index (χ0n) is 12.2. The number of amides is 1. The molecular weight excluding hydrogens is 282 g/mol. The molecule has 0 aromatic carbocycles. The Hall–Kier alpha value is -2.89. The quantitative estimate of drug-likeness (QED) is 0.758. The van der Waals surface area contributed by atoms with Crippen molar-refractivity contribution >= 4 is 29.2 Å². The van der Waals surface area contributed by atoms with Gasteiger partial charge in [-0.2, -0.15) is 0 Å². The van der Waals surface area contributed by atoms with Crippen molar-refractivity contribution in [2.24, 2.45) is 0 Å². The molecule has 1 aliphatic heterocycles. The van der Waals surface area contributed by atoms with Crippen molar-refractivity contribution in [2.75, 3.05) is 5.32 Å². The van der Waals surface area contributed by atoms with Crippen LogP contribution in [0.2, 0.25) is 0 Å². The molecule has 1 aliphatic rings. The lowest BCUT2D eigenvalue weighted by Crippen LogP contribution is -2.04. The highest BCUT2D eigenvalue weighted by atomic mass is 16.4. The fraction of sp³-hybridized carbons (Fsp3) is 0.188. The van der Waals surface area contributed by atoms with Gasteiger partial charge in [-0.1, -0.05) is 6.92 Å². The summed E-state index contributed by atoms with van der Waals surface area (Å²) in [6.07, 6.45) is 5.60. The number of hydrogen-bond acceptors (Lipinski definition) is 3. The lowest BCUT2D eigenvalue weighted by Gasteiger charge is -2.00. The number of nitrogens with zero attached hydrogens (tertiary/aromatic N) is 1. The van der Waals surface area contributed by atoms with Gasteiger partial charge in [-0.3, -0.25) is 9.78 Å². The first-order valence-corrected chi connectivity index (χ1v) is 6.95. The molecule has 2 aromatic heterocycles. The van der Waals surface area contributed by atoms with Crippen LogP contribution in [0.4, 0.5) is 5.69 Å². The van der Waals surface area contributed by atoms with E-state index < -0.39 is 5.97 Å². The Morgan fingerprint density at radius 1 is 1.45 bits per heavy atom. The Morgan fingerprint density at radius 2 is 2.23 bits per heavy atom. The summed E-state index contributed by atoms with van der Waals surface area (Å²) >= 11 is 0. The van der Waals surface area contributed by atoms with Crippen LogP contribution < -0.4 is 5.32 Å². The SMILES string of the molecule is CCc1c(C=C2C(=O)Nc3cnccc32)[nH]c(C(=O)O)c1C. The maximum atomic E-state index is 12.1. The zero-order valence-corrected chi connectivity index (χ0v) is 12.2. The summed E-state index contributed by atoms with van der Waals surface area (Å²) in [5.41, 5.74) is 4.37. The molecule has 0 fully saturated rings. The van der Waals surface area contributed by atoms with Crippen molar-refractivity contribution in [2.45, 2.75) is 20.3 Å². The standard InChI is InChI=1S/C16H15N3O3/c1-3-9-8(2)14(16(21)22)18-12(9)6-11-10-4-5-17-7-13(10)19-15(11)20/h4-7,18H,3H2,1-2H3,(H,19,20)(H,21,22). The molecule has 0 saturated carbocycles. The van der Waals surface area contributed by atoms with Gasteiger partial charge in [-0.05, 0) is 36.6 Å². The van der Waals surface area contributed by atoms with Crippen LogP contribution >= 0.6 is 0 Å². The van der Waals surface area contributed by atoms with Crippen molar-refractivity contribution in [3.05, 3.63) is 46.5 Å². The third-order valence-electron chi connectivity index (χ3n) is 3.87. The molecule has 3 N–H and O–H groups in total. The number of aromatic carboxylic acids is 1. The van der Waals surface area contributed by atoms with Crippen LogP contribution in [-0.2, 0) is 11.2 Å². The van der Waals surface area contributed by atoms with E-state index in [9.17, 15) is 14.7 Å². The number of anilines is 1. The molecule has 0 radical (unpaired) electrons. The van der Waals surface area contributed by atoms with Crippen molar-refractivity contribution < 1.29 is 14.7 Å². The summed E-state index contributed by atoms with van der Waals surface area (Å²) in [6.45, 7) is 3.73. The van der Waals surface area contributed by atoms with Gasteiger partial charge in [0.05, 0.1) is 17.5 Å². The van der Waals surface area contributed by atoms with Crippen LogP contribution in [0.3, 0.4) is 0 Å². The van der Waals surface area contributed by atoms with E-state index >= 15 is 0 Å². The first-order valence-electron chi connectivity index (χ1n) is 6.95. The number of aromatic nitrogens is 2. The first kappa shape index (κ1) is 14.1. The maximum Gasteiger partial charge on any atom is 0.352 e. The molecule has 0 saturated heterocycles. The molecule has 0 bridgehead atoms. The van der Waals surface area contributed by atoms with E-state index in [0.717, 1.165) is 11.1 Å². The van der Waals surface area contributed by atoms with Gasteiger partial charge in [0, 0.05) is 17.5 Å². The van der Waals surface area contributed by atoms with Crippen molar-refractivity contribution in [3.63, 3.8) is 0 Å². The number of fused-ring (bicyclic) bond motifs is 1. The molecule has 3 rings (SSSR count). The van der Waals surface area contributed by atoms with Gasteiger partial charge in [0.25, 0.3) is 5.91 Å². The van der Waals surface area contributed by atoms with E-state index in [0.29, 0.717) is 28.9 Å². The van der Waals surface area contributed by atoms with Crippen LogP contribution in [0.25, 0.3) is 11.6 Å². The summed E-state index contributed by atoms with van der Waals surface area (Å²) in [5, 5.41) is 12.0. The normalized spacial score (nSPS) is 15.0. The molecule has 0 atom stereocenters. The highest BCUT2D eigenvalue weighted by molar-refractivity contribution is 6.34. The van der Waals surface area contributed by atoms with E-state index in [1.807, 2.05) is 6.92 Å². The van der Waals surface area contributed by atoms with Crippen LogP contribution in [0.5, 0.6) is 0 Å².